The molecule has 0 aliphatic carbocycles. The van der Waals surface area contributed by atoms with Gasteiger partial charge in [0.15, 0.2) is 0 Å². The maximum Gasteiger partial charge on any atom is 0.339 e. The van der Waals surface area contributed by atoms with Gasteiger partial charge in [-0.3, -0.25) is 4.79 Å². The number of furan rings is 1. The summed E-state index contributed by atoms with van der Waals surface area (Å²) in [5.74, 6) is -1.10. The fraction of sp³-hybridized carbons (Fsp3) is 0.269. The molecule has 0 aliphatic rings. The van der Waals surface area contributed by atoms with Gasteiger partial charge >= 0.3 is 5.63 Å². The van der Waals surface area contributed by atoms with Gasteiger partial charge in [0, 0.05) is 28.8 Å². The molecule has 2 heterocycles. The van der Waals surface area contributed by atoms with E-state index in [1.54, 1.807) is 25.1 Å². The molecule has 0 bridgehead atoms. The Balaban J connectivity index is 1.52. The number of hydrogen-bond acceptors (Lipinski definition) is 7. The molecule has 0 saturated carbocycles. The van der Waals surface area contributed by atoms with Crippen molar-refractivity contribution in [1.82, 2.24) is 5.32 Å². The third kappa shape index (κ3) is 4.52. The average molecular weight is 462 g/mol. The zero-order chi connectivity index (χ0) is 24.6. The lowest BCUT2D eigenvalue weighted by atomic mass is 10.00. The van der Waals surface area contributed by atoms with E-state index in [0.717, 1.165) is 22.1 Å². The van der Waals surface area contributed by atoms with Gasteiger partial charge in [-0.15, -0.1) is 0 Å². The largest absolute Gasteiger partial charge is 0.548 e. The van der Waals surface area contributed by atoms with E-state index in [2.05, 4.69) is 5.32 Å². The summed E-state index contributed by atoms with van der Waals surface area (Å²) in [5.41, 5.74) is 3.20. The number of phenols is 1. The fourth-order valence-electron chi connectivity index (χ4n) is 4.08. The molecule has 4 aromatic rings. The van der Waals surface area contributed by atoms with Gasteiger partial charge in [0.05, 0.1) is 12.0 Å². The fourth-order valence-corrected chi connectivity index (χ4v) is 4.08. The van der Waals surface area contributed by atoms with Crippen LogP contribution in [0, 0.1) is 20.8 Å². The maximum atomic E-state index is 12.6. The van der Waals surface area contributed by atoms with E-state index < -0.39 is 23.5 Å². The molecule has 1 atom stereocenters. The van der Waals surface area contributed by atoms with Gasteiger partial charge in [0.25, 0.3) is 0 Å². The Labute approximate surface area is 194 Å². The number of aryl methyl sites for hydroxylation is 3. The minimum Gasteiger partial charge on any atom is -0.548 e. The first-order valence-corrected chi connectivity index (χ1v) is 10.9. The van der Waals surface area contributed by atoms with Crippen molar-refractivity contribution >= 4 is 33.8 Å². The van der Waals surface area contributed by atoms with Crippen LogP contribution >= 0.6 is 0 Å². The van der Waals surface area contributed by atoms with Gasteiger partial charge in [-0.25, -0.2) is 4.79 Å². The molecule has 2 N–H and O–H groups in total. The SMILES string of the molecule is Cc1oc2cc3oc(=O)c(CCC(=O)N[C@@H](Cc4ccc(O)cc4)C(=O)[O-])c(C)c3cc2c1C. The molecule has 34 heavy (non-hydrogen) atoms. The van der Waals surface area contributed by atoms with Gasteiger partial charge in [-0.2, -0.15) is 0 Å². The number of amides is 1. The number of carbonyl (C=O) groups is 2. The first kappa shape index (κ1) is 23.1. The van der Waals surface area contributed by atoms with Crippen molar-refractivity contribution in [3.05, 3.63) is 74.8 Å². The molecule has 1 amide bonds. The topological polar surface area (TPSA) is 133 Å². The number of aliphatic carboxylic acids is 1. The molecule has 8 nitrogen and oxygen atoms in total. The summed E-state index contributed by atoms with van der Waals surface area (Å²) in [7, 11) is 0. The van der Waals surface area contributed by atoms with Crippen molar-refractivity contribution in [2.24, 2.45) is 0 Å². The van der Waals surface area contributed by atoms with E-state index >= 15 is 0 Å². The summed E-state index contributed by atoms with van der Waals surface area (Å²) in [6.45, 7) is 5.63. The van der Waals surface area contributed by atoms with Gasteiger partial charge in [0.2, 0.25) is 5.91 Å². The monoisotopic (exact) mass is 462 g/mol. The number of phenolic OH excluding ortho intramolecular Hbond substituents is 1. The highest BCUT2D eigenvalue weighted by Crippen LogP contribution is 2.31. The van der Waals surface area contributed by atoms with Gasteiger partial charge in [0.1, 0.15) is 22.7 Å². The second-order valence-electron chi connectivity index (χ2n) is 8.43. The second kappa shape index (κ2) is 9.05. The zero-order valence-electron chi connectivity index (χ0n) is 19.1. The first-order chi connectivity index (χ1) is 16.1. The second-order valence-corrected chi connectivity index (χ2v) is 8.43. The van der Waals surface area contributed by atoms with E-state index in [-0.39, 0.29) is 25.0 Å². The predicted octanol–water partition coefficient (Wildman–Crippen LogP) is 2.58. The number of hydrogen-bond donors (Lipinski definition) is 2. The van der Waals surface area contributed by atoms with Crippen molar-refractivity contribution in [2.75, 3.05) is 0 Å². The number of carboxylic acids is 1. The molecule has 0 spiro atoms. The smallest absolute Gasteiger partial charge is 0.339 e. The average Bonchev–Trinajstić information content (AvgIpc) is 3.06. The van der Waals surface area contributed by atoms with Crippen LogP contribution in [0.3, 0.4) is 0 Å². The van der Waals surface area contributed by atoms with Gasteiger partial charge < -0.3 is 29.2 Å². The minimum absolute atomic E-state index is 0.00492. The van der Waals surface area contributed by atoms with Crippen LogP contribution in [0.1, 0.15) is 34.4 Å². The lowest BCUT2D eigenvalue weighted by molar-refractivity contribution is -0.308. The lowest BCUT2D eigenvalue weighted by Gasteiger charge is -2.20. The van der Waals surface area contributed by atoms with Crippen LogP contribution in [0.2, 0.25) is 0 Å². The highest BCUT2D eigenvalue weighted by Gasteiger charge is 2.18. The molecule has 0 unspecified atom stereocenters. The molecular weight excluding hydrogens is 438 g/mol. The summed E-state index contributed by atoms with van der Waals surface area (Å²) in [6.07, 6.45) is 0.00384. The zero-order valence-corrected chi connectivity index (χ0v) is 19.1. The number of aromatic hydroxyl groups is 1. The Morgan fingerprint density at radius 2 is 1.65 bits per heavy atom. The van der Waals surface area contributed by atoms with Crippen molar-refractivity contribution in [3.63, 3.8) is 0 Å². The van der Waals surface area contributed by atoms with Crippen LogP contribution in [0.5, 0.6) is 5.75 Å². The molecule has 0 fully saturated rings. The van der Waals surface area contributed by atoms with E-state index in [1.807, 2.05) is 19.9 Å². The summed E-state index contributed by atoms with van der Waals surface area (Å²) in [4.78, 5) is 36.6. The summed E-state index contributed by atoms with van der Waals surface area (Å²) in [6, 6.07) is 8.39. The highest BCUT2D eigenvalue weighted by atomic mass is 16.4. The van der Waals surface area contributed by atoms with Crippen LogP contribution in [-0.4, -0.2) is 23.0 Å². The molecule has 8 heteroatoms. The number of rotatable bonds is 7. The van der Waals surface area contributed by atoms with Crippen LogP contribution < -0.4 is 16.0 Å². The van der Waals surface area contributed by atoms with Crippen LogP contribution in [0.25, 0.3) is 21.9 Å². The first-order valence-electron chi connectivity index (χ1n) is 10.9. The predicted molar refractivity (Wildman–Crippen MR) is 124 cm³/mol. The van der Waals surface area contributed by atoms with Crippen molar-refractivity contribution in [3.8, 4) is 5.75 Å². The highest BCUT2D eigenvalue weighted by molar-refractivity contribution is 5.96. The summed E-state index contributed by atoms with van der Waals surface area (Å²) in [5, 5.41) is 25.0. The van der Waals surface area contributed by atoms with Crippen LogP contribution in [0.4, 0.5) is 0 Å². The molecule has 2 aromatic carbocycles. The van der Waals surface area contributed by atoms with Gasteiger partial charge in [-0.1, -0.05) is 12.1 Å². The Morgan fingerprint density at radius 1 is 1.00 bits per heavy atom. The molecule has 0 radical (unpaired) electrons. The number of nitrogens with one attached hydrogen (secondary N) is 1. The van der Waals surface area contributed by atoms with Crippen molar-refractivity contribution in [2.45, 2.75) is 46.1 Å². The van der Waals surface area contributed by atoms with Crippen LogP contribution in [0.15, 0.2) is 50.0 Å². The van der Waals surface area contributed by atoms with Crippen molar-refractivity contribution < 1.29 is 28.6 Å². The molecular formula is C26H24NO7-. The number of benzene rings is 2. The van der Waals surface area contributed by atoms with E-state index in [0.29, 0.717) is 27.9 Å². The van der Waals surface area contributed by atoms with E-state index in [9.17, 15) is 24.6 Å². The summed E-state index contributed by atoms with van der Waals surface area (Å²) >= 11 is 0. The number of carbonyl (C=O) groups excluding carboxylic acids is 2. The van der Waals surface area contributed by atoms with E-state index in [1.165, 1.54) is 12.1 Å². The molecule has 0 saturated heterocycles. The number of fused-ring (bicyclic) bond motifs is 2. The minimum atomic E-state index is -1.42. The summed E-state index contributed by atoms with van der Waals surface area (Å²) < 4.78 is 11.2. The molecule has 0 aliphatic heterocycles. The Hall–Kier alpha value is -4.07. The molecule has 2 aromatic heterocycles. The third-order valence-electron chi connectivity index (χ3n) is 6.18. The van der Waals surface area contributed by atoms with Crippen LogP contribution in [-0.2, 0) is 22.4 Å². The standard InChI is InChI=1S/C26H25NO7/c1-13-15(3)33-22-12-23-20(11-19(13)22)14(2)18(26(32)34-23)8-9-24(29)27-21(25(30)31)10-16-4-6-17(28)7-5-16/h4-7,11-12,21,28H,8-10H2,1-3H3,(H,27,29)(H,30,31)/p-1/t21-/m0/s1. The van der Waals surface area contributed by atoms with Gasteiger partial charge in [-0.05, 0) is 68.5 Å². The lowest BCUT2D eigenvalue weighted by Crippen LogP contribution is -2.49. The van der Waals surface area contributed by atoms with Crippen molar-refractivity contribution in [1.29, 1.82) is 0 Å². The molecule has 176 valence electrons. The Morgan fingerprint density at radius 3 is 2.32 bits per heavy atom. The number of carboxylic acid groups (broad SMARTS) is 1. The third-order valence-corrected chi connectivity index (χ3v) is 6.18. The normalized spacial score (nSPS) is 12.2. The maximum absolute atomic E-state index is 12.6. The quantitative estimate of drug-likeness (QED) is 0.403. The van der Waals surface area contributed by atoms with E-state index in [4.69, 9.17) is 8.83 Å². The molecule has 4 rings (SSSR count). The Kier molecular flexibility index (Phi) is 6.15. The Bertz CT molecular complexity index is 1460.